The Bertz CT molecular complexity index is 613. The van der Waals surface area contributed by atoms with E-state index in [1.807, 2.05) is 0 Å². The molecular weight excluding hydrogens is 292 g/mol. The van der Waals surface area contributed by atoms with Crippen molar-refractivity contribution in [1.82, 2.24) is 15.8 Å². The number of thiol groups is 1. The van der Waals surface area contributed by atoms with Crippen LogP contribution < -0.4 is 10.6 Å². The lowest BCUT2D eigenvalue weighted by atomic mass is 9.96. The van der Waals surface area contributed by atoms with Crippen LogP contribution in [-0.2, 0) is 6.42 Å². The van der Waals surface area contributed by atoms with E-state index in [0.717, 1.165) is 12.1 Å². The molecule has 1 aromatic heterocycles. The number of nitrogens with zero attached hydrogens (tertiary/aromatic N) is 1. The predicted octanol–water partition coefficient (Wildman–Crippen LogP) is -0.443. The first kappa shape index (κ1) is 14.6. The average molecular weight is 310 g/mol. The van der Waals surface area contributed by atoms with Gasteiger partial charge in [0, 0.05) is 49.3 Å². The topological polar surface area (TPSA) is 114 Å². The third-order valence-corrected chi connectivity index (χ3v) is 4.27. The summed E-state index contributed by atoms with van der Waals surface area (Å²) >= 11 is 4.24. The van der Waals surface area contributed by atoms with Crippen molar-refractivity contribution in [2.45, 2.75) is 23.5 Å². The molecule has 1 aromatic rings. The number of aliphatic hydroxyl groups excluding tert-OH is 1. The fourth-order valence-electron chi connectivity index (χ4n) is 2.67. The van der Waals surface area contributed by atoms with Gasteiger partial charge in [0.2, 0.25) is 0 Å². The van der Waals surface area contributed by atoms with Crippen molar-refractivity contribution in [1.29, 1.82) is 5.41 Å². The first-order valence-corrected chi connectivity index (χ1v) is 7.25. The molecule has 0 spiro atoms. The van der Waals surface area contributed by atoms with Crippen molar-refractivity contribution in [3.05, 3.63) is 16.8 Å². The summed E-state index contributed by atoms with van der Waals surface area (Å²) in [7, 11) is 0. The Labute approximate surface area is 127 Å². The Morgan fingerprint density at radius 1 is 1.48 bits per heavy atom. The molecule has 0 aromatic carbocycles. The lowest BCUT2D eigenvalue weighted by Crippen LogP contribution is -2.44. The predicted molar refractivity (Wildman–Crippen MR) is 79.6 cm³/mol. The lowest BCUT2D eigenvalue weighted by molar-refractivity contribution is -0.00977. The molecule has 1 saturated heterocycles. The van der Waals surface area contributed by atoms with Gasteiger partial charge < -0.3 is 30.8 Å². The lowest BCUT2D eigenvalue weighted by Gasteiger charge is -2.25. The van der Waals surface area contributed by atoms with Gasteiger partial charge in [-0.1, -0.05) is 5.16 Å². The van der Waals surface area contributed by atoms with Crippen molar-refractivity contribution in [3.8, 4) is 0 Å². The molecule has 2 aliphatic heterocycles. The smallest absolute Gasteiger partial charge is 0.194 e. The van der Waals surface area contributed by atoms with Crippen LogP contribution in [0.3, 0.4) is 0 Å². The number of rotatable bonds is 1. The first-order valence-electron chi connectivity index (χ1n) is 6.81. The Morgan fingerprint density at radius 2 is 2.29 bits per heavy atom. The standard InChI is InChI=1S/C13H18N4O3S/c14-9-1-2-15-4-8(9)10-11-7(12(21)20-17-11)3-13(19,6-18)5-16-10/h14-16,18-19,21H,1-6H2/b10-8-,14-9?. The van der Waals surface area contributed by atoms with E-state index in [2.05, 4.69) is 28.4 Å². The number of nitrogens with one attached hydrogen (secondary N) is 3. The third-order valence-electron chi connectivity index (χ3n) is 3.92. The summed E-state index contributed by atoms with van der Waals surface area (Å²) in [5, 5.41) is 38.7. The molecule has 21 heavy (non-hydrogen) atoms. The monoisotopic (exact) mass is 310 g/mol. The van der Waals surface area contributed by atoms with Gasteiger partial charge in [-0.05, 0) is 0 Å². The zero-order valence-electron chi connectivity index (χ0n) is 11.4. The summed E-state index contributed by atoms with van der Waals surface area (Å²) in [5.74, 6) is 0. The van der Waals surface area contributed by atoms with Crippen molar-refractivity contribution < 1.29 is 14.7 Å². The molecule has 1 atom stereocenters. The van der Waals surface area contributed by atoms with E-state index in [1.165, 1.54) is 0 Å². The first-order chi connectivity index (χ1) is 10.0. The fourth-order valence-corrected chi connectivity index (χ4v) is 2.90. The maximum absolute atomic E-state index is 10.4. The summed E-state index contributed by atoms with van der Waals surface area (Å²) in [6, 6.07) is 0. The zero-order chi connectivity index (χ0) is 15.0. The van der Waals surface area contributed by atoms with E-state index in [0.29, 0.717) is 40.7 Å². The van der Waals surface area contributed by atoms with Crippen molar-refractivity contribution in [3.63, 3.8) is 0 Å². The highest BCUT2D eigenvalue weighted by Crippen LogP contribution is 2.32. The molecular formula is C13H18N4O3S. The summed E-state index contributed by atoms with van der Waals surface area (Å²) in [6.45, 7) is 1.14. The van der Waals surface area contributed by atoms with Crippen LogP contribution in [-0.4, -0.2) is 52.9 Å². The SMILES string of the molecule is N=C1CCNC/C1=C1/NCC(O)(CO)Cc2c1noc2S. The number of piperidine rings is 1. The molecule has 1 unspecified atom stereocenters. The Morgan fingerprint density at radius 3 is 3.00 bits per heavy atom. The summed E-state index contributed by atoms with van der Waals surface area (Å²) in [6.07, 6.45) is 0.845. The quantitative estimate of drug-likeness (QED) is 0.392. The second-order valence-corrected chi connectivity index (χ2v) is 5.89. The molecule has 0 radical (unpaired) electrons. The van der Waals surface area contributed by atoms with Gasteiger partial charge in [-0.25, -0.2) is 0 Å². The van der Waals surface area contributed by atoms with Crippen LogP contribution in [0, 0.1) is 5.41 Å². The Balaban J connectivity index is 2.11. The molecule has 114 valence electrons. The zero-order valence-corrected chi connectivity index (χ0v) is 12.3. The highest BCUT2D eigenvalue weighted by Gasteiger charge is 2.36. The van der Waals surface area contributed by atoms with E-state index in [1.54, 1.807) is 0 Å². The summed E-state index contributed by atoms with van der Waals surface area (Å²) in [5.41, 5.74) is 1.94. The molecule has 5 N–H and O–H groups in total. The van der Waals surface area contributed by atoms with Crippen LogP contribution in [0.4, 0.5) is 0 Å². The number of aliphatic hydroxyl groups is 2. The van der Waals surface area contributed by atoms with Gasteiger partial charge in [-0.2, -0.15) is 0 Å². The van der Waals surface area contributed by atoms with Crippen molar-refractivity contribution in [2.24, 2.45) is 0 Å². The molecule has 3 rings (SSSR count). The van der Waals surface area contributed by atoms with Crippen molar-refractivity contribution >= 4 is 24.0 Å². The van der Waals surface area contributed by atoms with Gasteiger partial charge in [0.1, 0.15) is 11.3 Å². The van der Waals surface area contributed by atoms with Crippen LogP contribution in [0.15, 0.2) is 15.2 Å². The summed E-state index contributed by atoms with van der Waals surface area (Å²) in [4.78, 5) is 0. The van der Waals surface area contributed by atoms with E-state index in [4.69, 9.17) is 9.93 Å². The molecule has 8 heteroatoms. The number of fused-ring (bicyclic) bond motifs is 1. The normalized spacial score (nSPS) is 29.8. The van der Waals surface area contributed by atoms with E-state index >= 15 is 0 Å². The van der Waals surface area contributed by atoms with Crippen LogP contribution in [0.1, 0.15) is 17.7 Å². The molecule has 0 bridgehead atoms. The fraction of sp³-hybridized carbons (Fsp3) is 0.538. The maximum Gasteiger partial charge on any atom is 0.194 e. The largest absolute Gasteiger partial charge is 0.393 e. The number of hydrogen-bond acceptors (Lipinski definition) is 8. The highest BCUT2D eigenvalue weighted by atomic mass is 32.1. The minimum absolute atomic E-state index is 0.180. The molecule has 0 aliphatic carbocycles. The average Bonchev–Trinajstić information content (AvgIpc) is 2.75. The van der Waals surface area contributed by atoms with Gasteiger partial charge in [0.15, 0.2) is 5.09 Å². The maximum atomic E-state index is 10.4. The number of β-amino-alcohol motifs (C(OH)–C–C–N with tert-alkyl or cyclic N) is 1. The van der Waals surface area contributed by atoms with Crippen LogP contribution in [0.5, 0.6) is 0 Å². The second-order valence-electron chi connectivity index (χ2n) is 5.49. The summed E-state index contributed by atoms with van der Waals surface area (Å²) < 4.78 is 5.12. The molecule has 2 aliphatic rings. The minimum Gasteiger partial charge on any atom is -0.393 e. The van der Waals surface area contributed by atoms with Gasteiger partial charge >= 0.3 is 0 Å². The van der Waals surface area contributed by atoms with E-state index in [9.17, 15) is 10.2 Å². The van der Waals surface area contributed by atoms with Crippen LogP contribution in [0.2, 0.25) is 0 Å². The highest BCUT2D eigenvalue weighted by molar-refractivity contribution is 7.80. The Hall–Kier alpha value is -1.35. The van der Waals surface area contributed by atoms with Gasteiger partial charge in [-0.15, -0.1) is 12.6 Å². The van der Waals surface area contributed by atoms with Crippen LogP contribution in [0.25, 0.3) is 5.70 Å². The Kier molecular flexibility index (Phi) is 3.78. The van der Waals surface area contributed by atoms with E-state index in [-0.39, 0.29) is 19.6 Å². The molecule has 1 fully saturated rings. The molecule has 0 saturated carbocycles. The van der Waals surface area contributed by atoms with E-state index < -0.39 is 5.60 Å². The number of aromatic nitrogens is 1. The molecule has 3 heterocycles. The van der Waals surface area contributed by atoms with Crippen molar-refractivity contribution in [2.75, 3.05) is 26.2 Å². The number of hydrogen-bond donors (Lipinski definition) is 6. The second kappa shape index (κ2) is 5.45. The third kappa shape index (κ3) is 2.59. The van der Waals surface area contributed by atoms with Gasteiger partial charge in [0.05, 0.1) is 12.3 Å². The van der Waals surface area contributed by atoms with Crippen LogP contribution >= 0.6 is 12.6 Å². The van der Waals surface area contributed by atoms with Gasteiger partial charge in [-0.3, -0.25) is 0 Å². The minimum atomic E-state index is -1.30. The molecule has 0 amide bonds. The van der Waals surface area contributed by atoms with Gasteiger partial charge in [0.25, 0.3) is 0 Å². The molecule has 7 nitrogen and oxygen atoms in total.